The summed E-state index contributed by atoms with van der Waals surface area (Å²) in [4.78, 5) is -0.254. The molecule has 0 saturated heterocycles. The van der Waals surface area contributed by atoms with Crippen LogP contribution in [-0.2, 0) is 10.2 Å². The fraction of sp³-hybridized carbons (Fsp3) is 0.400. The molecule has 4 heteroatoms. The van der Waals surface area contributed by atoms with Gasteiger partial charge >= 0.3 is 10.2 Å². The topological polar surface area (TPSA) is 34.1 Å². The molecule has 0 radical (unpaired) electrons. The number of hydrogen-bond acceptors (Lipinski definition) is 2. The summed E-state index contributed by atoms with van der Waals surface area (Å²) >= 11 is 0. The molecule has 1 unspecified atom stereocenters. The van der Waals surface area contributed by atoms with Crippen LogP contribution in [0.3, 0.4) is 0 Å². The molecule has 0 aliphatic carbocycles. The van der Waals surface area contributed by atoms with E-state index in [2.05, 4.69) is 0 Å². The maximum atomic E-state index is 12.6. The maximum absolute atomic E-state index is 12.6. The third-order valence-electron chi connectivity index (χ3n) is 2.32. The average molecular weight is 216 g/mol. The van der Waals surface area contributed by atoms with E-state index in [1.54, 1.807) is 6.07 Å². The Bertz CT molecular complexity index is 412. The molecule has 0 spiro atoms. The van der Waals surface area contributed by atoms with Gasteiger partial charge in [-0.25, -0.2) is 0 Å². The van der Waals surface area contributed by atoms with Crippen molar-refractivity contribution >= 4 is 10.2 Å². The Labute approximate surface area is 84.0 Å². The van der Waals surface area contributed by atoms with E-state index < -0.39 is 10.2 Å². The smallest absolute Gasteiger partial charge is 0.189 e. The minimum atomic E-state index is -4.57. The summed E-state index contributed by atoms with van der Waals surface area (Å²) in [5.74, 6) is 0.247. The van der Waals surface area contributed by atoms with Gasteiger partial charge in [0.25, 0.3) is 0 Å². The van der Waals surface area contributed by atoms with Gasteiger partial charge in [-0.05, 0) is 30.0 Å². The molecule has 14 heavy (non-hydrogen) atoms. The molecule has 0 aliphatic heterocycles. The first-order valence-electron chi connectivity index (χ1n) is 4.49. The maximum Gasteiger partial charge on any atom is 0.332 e. The van der Waals surface area contributed by atoms with Crippen LogP contribution in [0.1, 0.15) is 31.7 Å². The van der Waals surface area contributed by atoms with Crippen molar-refractivity contribution in [2.24, 2.45) is 0 Å². The van der Waals surface area contributed by atoms with Crippen LogP contribution in [0.2, 0.25) is 0 Å². The van der Waals surface area contributed by atoms with Crippen LogP contribution in [0.5, 0.6) is 0 Å². The fourth-order valence-electron chi connectivity index (χ4n) is 1.21. The van der Waals surface area contributed by atoms with Crippen molar-refractivity contribution in [1.29, 1.82) is 0 Å². The molecule has 1 rings (SSSR count). The lowest BCUT2D eigenvalue weighted by molar-refractivity contribution is 0.551. The Morgan fingerprint density at radius 3 is 2.57 bits per heavy atom. The third-order valence-corrected chi connectivity index (χ3v) is 3.14. The molecule has 1 aromatic rings. The molecule has 2 nitrogen and oxygen atoms in total. The van der Waals surface area contributed by atoms with Gasteiger partial charge < -0.3 is 0 Å². The van der Waals surface area contributed by atoms with Gasteiger partial charge in [0.2, 0.25) is 0 Å². The van der Waals surface area contributed by atoms with E-state index in [4.69, 9.17) is 0 Å². The van der Waals surface area contributed by atoms with Crippen molar-refractivity contribution in [3.8, 4) is 0 Å². The quantitative estimate of drug-likeness (QED) is 0.728. The molecule has 0 heterocycles. The molecule has 0 aliphatic rings. The Morgan fingerprint density at radius 1 is 1.43 bits per heavy atom. The van der Waals surface area contributed by atoms with Crippen molar-refractivity contribution in [2.45, 2.75) is 31.1 Å². The van der Waals surface area contributed by atoms with E-state index in [1.807, 2.05) is 19.9 Å². The number of halogens is 1. The second kappa shape index (κ2) is 4.09. The summed E-state index contributed by atoms with van der Waals surface area (Å²) in [6.45, 7) is 3.98. The minimum Gasteiger partial charge on any atom is -0.189 e. The van der Waals surface area contributed by atoms with Gasteiger partial charge in [0.1, 0.15) is 0 Å². The minimum absolute atomic E-state index is 0.247. The fourth-order valence-corrected chi connectivity index (χ4v) is 1.73. The second-order valence-corrected chi connectivity index (χ2v) is 4.67. The van der Waals surface area contributed by atoms with E-state index in [9.17, 15) is 12.3 Å². The van der Waals surface area contributed by atoms with Gasteiger partial charge in [0.15, 0.2) is 0 Å². The predicted molar refractivity (Wildman–Crippen MR) is 53.4 cm³/mol. The van der Waals surface area contributed by atoms with Crippen molar-refractivity contribution in [2.75, 3.05) is 0 Å². The molecule has 0 aromatic heterocycles. The van der Waals surface area contributed by atoms with E-state index in [0.29, 0.717) is 0 Å². The Kier molecular flexibility index (Phi) is 3.26. The summed E-state index contributed by atoms with van der Waals surface area (Å²) in [7, 11) is -4.57. The van der Waals surface area contributed by atoms with Crippen LogP contribution in [-0.4, -0.2) is 8.42 Å². The third kappa shape index (κ3) is 2.54. The number of benzene rings is 1. The van der Waals surface area contributed by atoms with Gasteiger partial charge in [0, 0.05) is 0 Å². The van der Waals surface area contributed by atoms with Gasteiger partial charge in [-0.15, -0.1) is 3.89 Å². The number of hydrogen-bond donors (Lipinski definition) is 0. The molecule has 1 atom stereocenters. The molecule has 0 bridgehead atoms. The standard InChI is InChI=1S/C10H13FO2S/c1-3-8(2)9-5-4-6-10(7-9)14(11,12)13/h4-8H,3H2,1-2H3. The SMILES string of the molecule is CCC(C)c1cccc(S(=O)(=O)F)c1. The molecule has 0 N–H and O–H groups in total. The first-order valence-corrected chi connectivity index (χ1v) is 5.88. The highest BCUT2D eigenvalue weighted by molar-refractivity contribution is 7.86. The zero-order chi connectivity index (χ0) is 10.8. The largest absolute Gasteiger partial charge is 0.332 e. The molecule has 0 fully saturated rings. The Morgan fingerprint density at radius 2 is 2.07 bits per heavy atom. The highest BCUT2D eigenvalue weighted by Crippen LogP contribution is 2.22. The van der Waals surface area contributed by atoms with Crippen LogP contribution >= 0.6 is 0 Å². The average Bonchev–Trinajstić information content (AvgIpc) is 2.15. The van der Waals surface area contributed by atoms with Gasteiger partial charge in [0.05, 0.1) is 4.90 Å². The first kappa shape index (κ1) is 11.2. The lowest BCUT2D eigenvalue weighted by Crippen LogP contribution is -1.96. The van der Waals surface area contributed by atoms with E-state index in [1.165, 1.54) is 12.1 Å². The Balaban J connectivity index is 3.14. The molecular formula is C10H13FO2S. The van der Waals surface area contributed by atoms with Crippen LogP contribution in [0.4, 0.5) is 3.89 Å². The Hall–Kier alpha value is -0.900. The highest BCUT2D eigenvalue weighted by Gasteiger charge is 2.13. The van der Waals surface area contributed by atoms with Gasteiger partial charge in [-0.2, -0.15) is 8.42 Å². The molecule has 1 aromatic carbocycles. The lowest BCUT2D eigenvalue weighted by Gasteiger charge is -2.08. The molecule has 78 valence electrons. The summed E-state index contributed by atoms with van der Waals surface area (Å²) in [5.41, 5.74) is 0.853. The van der Waals surface area contributed by atoms with E-state index >= 15 is 0 Å². The predicted octanol–water partition coefficient (Wildman–Crippen LogP) is 2.86. The van der Waals surface area contributed by atoms with Crippen molar-refractivity contribution in [3.63, 3.8) is 0 Å². The summed E-state index contributed by atoms with van der Waals surface area (Å²) in [6, 6.07) is 6.03. The van der Waals surface area contributed by atoms with Crippen LogP contribution < -0.4 is 0 Å². The molecule has 0 saturated carbocycles. The van der Waals surface area contributed by atoms with Crippen molar-refractivity contribution in [3.05, 3.63) is 29.8 Å². The van der Waals surface area contributed by atoms with Gasteiger partial charge in [-0.1, -0.05) is 26.0 Å². The van der Waals surface area contributed by atoms with E-state index in [0.717, 1.165) is 12.0 Å². The second-order valence-electron chi connectivity index (χ2n) is 3.32. The lowest BCUT2D eigenvalue weighted by atomic mass is 9.99. The first-order chi connectivity index (χ1) is 6.45. The summed E-state index contributed by atoms with van der Waals surface area (Å²) < 4.78 is 33.9. The van der Waals surface area contributed by atoms with Crippen molar-refractivity contribution in [1.82, 2.24) is 0 Å². The van der Waals surface area contributed by atoms with Crippen LogP contribution in [0.25, 0.3) is 0 Å². The summed E-state index contributed by atoms with van der Waals surface area (Å²) in [6.07, 6.45) is 0.899. The normalized spacial score (nSPS) is 13.9. The molecular weight excluding hydrogens is 203 g/mol. The highest BCUT2D eigenvalue weighted by atomic mass is 32.3. The molecule has 0 amide bonds. The zero-order valence-corrected chi connectivity index (χ0v) is 9.01. The summed E-state index contributed by atoms with van der Waals surface area (Å²) in [5, 5.41) is 0. The van der Waals surface area contributed by atoms with E-state index in [-0.39, 0.29) is 10.8 Å². The zero-order valence-electron chi connectivity index (χ0n) is 8.20. The van der Waals surface area contributed by atoms with Crippen LogP contribution in [0, 0.1) is 0 Å². The van der Waals surface area contributed by atoms with Gasteiger partial charge in [-0.3, -0.25) is 0 Å². The van der Waals surface area contributed by atoms with Crippen molar-refractivity contribution < 1.29 is 12.3 Å². The monoisotopic (exact) mass is 216 g/mol. The van der Waals surface area contributed by atoms with Crippen LogP contribution in [0.15, 0.2) is 29.2 Å². The number of rotatable bonds is 3.